The molecule has 0 aliphatic heterocycles. The van der Waals surface area contributed by atoms with Crippen LogP contribution in [0.25, 0.3) is 0 Å². The van der Waals surface area contributed by atoms with Crippen LogP contribution < -0.4 is 0 Å². The molecule has 0 aliphatic rings. The highest BCUT2D eigenvalue weighted by Gasteiger charge is 2.17. The summed E-state index contributed by atoms with van der Waals surface area (Å²) in [5, 5.41) is 0. The lowest BCUT2D eigenvalue weighted by atomic mass is 10.2. The minimum Gasteiger partial charge on any atom is -0.466 e. The average molecular weight is 231 g/mol. The van der Waals surface area contributed by atoms with Crippen molar-refractivity contribution in [3.8, 4) is 0 Å². The lowest BCUT2D eigenvalue weighted by Crippen LogP contribution is -2.34. The molecule has 0 aromatic carbocycles. The second kappa shape index (κ2) is 8.10. The summed E-state index contributed by atoms with van der Waals surface area (Å²) in [7, 11) is 1.77. The zero-order valence-corrected chi connectivity index (χ0v) is 10.5. The summed E-state index contributed by atoms with van der Waals surface area (Å²) < 4.78 is 9.68. The van der Waals surface area contributed by atoms with Crippen LogP contribution in [-0.4, -0.2) is 50.2 Å². The van der Waals surface area contributed by atoms with Crippen LogP contribution >= 0.6 is 0 Å². The summed E-state index contributed by atoms with van der Waals surface area (Å²) in [5.74, 6) is -0.751. The lowest BCUT2D eigenvalue weighted by Gasteiger charge is -2.19. The molecule has 0 rings (SSSR count). The van der Waals surface area contributed by atoms with Gasteiger partial charge >= 0.3 is 11.9 Å². The van der Waals surface area contributed by atoms with Gasteiger partial charge in [-0.1, -0.05) is 6.92 Å². The van der Waals surface area contributed by atoms with Crippen LogP contribution in [-0.2, 0) is 19.1 Å². The van der Waals surface area contributed by atoms with Gasteiger partial charge in [0.15, 0.2) is 0 Å². The highest BCUT2D eigenvalue weighted by atomic mass is 16.5. The van der Waals surface area contributed by atoms with Crippen molar-refractivity contribution in [3.63, 3.8) is 0 Å². The van der Waals surface area contributed by atoms with Gasteiger partial charge < -0.3 is 9.47 Å². The molecule has 0 aliphatic carbocycles. The van der Waals surface area contributed by atoms with Crippen LogP contribution in [0, 0.1) is 5.92 Å². The largest absolute Gasteiger partial charge is 0.466 e. The molecule has 5 heteroatoms. The molecule has 0 bridgehead atoms. The molecule has 0 N–H and O–H groups in total. The molecule has 0 amide bonds. The van der Waals surface area contributed by atoms with Gasteiger partial charge in [0.2, 0.25) is 0 Å². The summed E-state index contributed by atoms with van der Waals surface area (Å²) in [6, 6.07) is 0. The smallest absolute Gasteiger partial charge is 0.320 e. The van der Waals surface area contributed by atoms with E-state index in [4.69, 9.17) is 9.47 Å². The molecule has 0 heterocycles. The third-order valence-electron chi connectivity index (χ3n) is 1.98. The van der Waals surface area contributed by atoms with E-state index in [0.717, 1.165) is 0 Å². The Balaban J connectivity index is 3.90. The predicted octanol–water partition coefficient (Wildman–Crippen LogP) is 0.681. The van der Waals surface area contributed by atoms with E-state index < -0.39 is 0 Å². The summed E-state index contributed by atoms with van der Waals surface area (Å²) >= 11 is 0. The first-order valence-electron chi connectivity index (χ1n) is 5.52. The number of hydrogen-bond acceptors (Lipinski definition) is 5. The van der Waals surface area contributed by atoms with E-state index >= 15 is 0 Å². The number of hydrogen-bond donors (Lipinski definition) is 0. The molecule has 0 radical (unpaired) electrons. The highest BCUT2D eigenvalue weighted by Crippen LogP contribution is 2.01. The van der Waals surface area contributed by atoms with Crippen molar-refractivity contribution in [2.45, 2.75) is 20.8 Å². The maximum Gasteiger partial charge on any atom is 0.320 e. The Bertz CT molecular complexity index is 230. The average Bonchev–Trinajstić information content (AvgIpc) is 2.17. The minimum absolute atomic E-state index is 0.192. The number of nitrogens with zero attached hydrogens (tertiary/aromatic N) is 1. The number of likely N-dealkylation sites (N-methyl/N-ethyl adjacent to an activating group) is 1. The number of carbonyl (C=O) groups excluding carboxylic acids is 2. The number of esters is 2. The summed E-state index contributed by atoms with van der Waals surface area (Å²) in [6.45, 7) is 6.74. The Hall–Kier alpha value is -1.10. The summed E-state index contributed by atoms with van der Waals surface area (Å²) in [6.07, 6.45) is 0. The molecule has 1 atom stereocenters. The van der Waals surface area contributed by atoms with E-state index in [1.165, 1.54) is 0 Å². The van der Waals surface area contributed by atoms with Gasteiger partial charge in [0.1, 0.15) is 0 Å². The molecule has 16 heavy (non-hydrogen) atoms. The van der Waals surface area contributed by atoms with Crippen molar-refractivity contribution in [1.82, 2.24) is 4.90 Å². The van der Waals surface area contributed by atoms with Gasteiger partial charge in [-0.2, -0.15) is 0 Å². The van der Waals surface area contributed by atoms with Gasteiger partial charge in [0, 0.05) is 6.54 Å². The third-order valence-corrected chi connectivity index (χ3v) is 1.98. The maximum atomic E-state index is 11.3. The van der Waals surface area contributed by atoms with Crippen molar-refractivity contribution in [2.75, 3.05) is 33.4 Å². The Kier molecular flexibility index (Phi) is 7.54. The molecule has 94 valence electrons. The molecular weight excluding hydrogens is 210 g/mol. The van der Waals surface area contributed by atoms with Gasteiger partial charge in [-0.15, -0.1) is 0 Å². The fourth-order valence-electron chi connectivity index (χ4n) is 1.32. The first-order chi connectivity index (χ1) is 7.51. The van der Waals surface area contributed by atoms with Crippen LogP contribution in [0.3, 0.4) is 0 Å². The molecule has 0 saturated heterocycles. The Morgan fingerprint density at radius 1 is 1.19 bits per heavy atom. The Labute approximate surface area is 96.7 Å². The van der Waals surface area contributed by atoms with Crippen LogP contribution in [0.5, 0.6) is 0 Å². The zero-order valence-electron chi connectivity index (χ0n) is 10.5. The topological polar surface area (TPSA) is 55.8 Å². The third kappa shape index (κ3) is 6.40. The predicted molar refractivity (Wildman–Crippen MR) is 59.9 cm³/mol. The van der Waals surface area contributed by atoms with E-state index in [1.54, 1.807) is 32.7 Å². The van der Waals surface area contributed by atoms with E-state index in [-0.39, 0.29) is 24.4 Å². The highest BCUT2D eigenvalue weighted by molar-refractivity contribution is 5.73. The number of carbonyl (C=O) groups is 2. The second-order valence-electron chi connectivity index (χ2n) is 3.65. The lowest BCUT2D eigenvalue weighted by molar-refractivity contribution is -0.150. The SMILES string of the molecule is CCOC(=O)CN(C)CC(C)C(=O)OCC. The van der Waals surface area contributed by atoms with Crippen molar-refractivity contribution >= 4 is 11.9 Å². The van der Waals surface area contributed by atoms with Crippen LogP contribution in [0.4, 0.5) is 0 Å². The molecule has 1 unspecified atom stereocenters. The van der Waals surface area contributed by atoms with Gasteiger partial charge in [0.05, 0.1) is 25.7 Å². The normalized spacial score (nSPS) is 12.3. The van der Waals surface area contributed by atoms with Crippen molar-refractivity contribution in [1.29, 1.82) is 0 Å². The molecule has 0 spiro atoms. The van der Waals surface area contributed by atoms with Crippen LogP contribution in [0.2, 0.25) is 0 Å². The minimum atomic E-state index is -0.277. The Morgan fingerprint density at radius 3 is 2.25 bits per heavy atom. The second-order valence-corrected chi connectivity index (χ2v) is 3.65. The monoisotopic (exact) mass is 231 g/mol. The van der Waals surface area contributed by atoms with E-state index in [0.29, 0.717) is 19.8 Å². The number of rotatable bonds is 7. The van der Waals surface area contributed by atoms with Crippen molar-refractivity contribution < 1.29 is 19.1 Å². The van der Waals surface area contributed by atoms with Gasteiger partial charge in [-0.3, -0.25) is 14.5 Å². The van der Waals surface area contributed by atoms with Gasteiger partial charge in [-0.25, -0.2) is 0 Å². The van der Waals surface area contributed by atoms with Crippen LogP contribution in [0.1, 0.15) is 20.8 Å². The standard InChI is InChI=1S/C11H21NO4/c1-5-15-10(13)8-12(4)7-9(3)11(14)16-6-2/h9H,5-8H2,1-4H3. The van der Waals surface area contributed by atoms with Gasteiger partial charge in [0.25, 0.3) is 0 Å². The fraction of sp³-hybridized carbons (Fsp3) is 0.818. The molecule has 0 saturated carbocycles. The molecule has 0 fully saturated rings. The molecule has 0 aromatic rings. The quantitative estimate of drug-likeness (QED) is 0.603. The van der Waals surface area contributed by atoms with E-state index in [9.17, 15) is 9.59 Å². The first-order valence-corrected chi connectivity index (χ1v) is 5.52. The van der Waals surface area contributed by atoms with E-state index in [2.05, 4.69) is 0 Å². The molecular formula is C11H21NO4. The zero-order chi connectivity index (χ0) is 12.6. The van der Waals surface area contributed by atoms with Crippen LogP contribution in [0.15, 0.2) is 0 Å². The van der Waals surface area contributed by atoms with Crippen molar-refractivity contribution in [2.24, 2.45) is 5.92 Å². The summed E-state index contributed by atoms with van der Waals surface area (Å²) in [5.41, 5.74) is 0. The molecule has 0 aromatic heterocycles. The summed E-state index contributed by atoms with van der Waals surface area (Å²) in [4.78, 5) is 24.2. The fourth-order valence-corrected chi connectivity index (χ4v) is 1.32. The van der Waals surface area contributed by atoms with Gasteiger partial charge in [-0.05, 0) is 20.9 Å². The van der Waals surface area contributed by atoms with Crippen molar-refractivity contribution in [3.05, 3.63) is 0 Å². The Morgan fingerprint density at radius 2 is 1.75 bits per heavy atom. The first kappa shape index (κ1) is 14.9. The maximum absolute atomic E-state index is 11.3. The van der Waals surface area contributed by atoms with E-state index in [1.807, 2.05) is 0 Å². The number of ether oxygens (including phenoxy) is 2. The molecule has 5 nitrogen and oxygen atoms in total.